The largest absolute Gasteiger partial charge is 0.396 e. The van der Waals surface area contributed by atoms with Gasteiger partial charge in [0.2, 0.25) is 5.91 Å². The van der Waals surface area contributed by atoms with E-state index in [1.807, 2.05) is 4.90 Å². The lowest BCUT2D eigenvalue weighted by Gasteiger charge is -2.17. The van der Waals surface area contributed by atoms with Crippen molar-refractivity contribution in [1.82, 2.24) is 9.88 Å². The Morgan fingerprint density at radius 3 is 3.00 bits per heavy atom. The molecule has 1 saturated carbocycles. The van der Waals surface area contributed by atoms with Gasteiger partial charge in [-0.3, -0.25) is 4.79 Å². The van der Waals surface area contributed by atoms with Crippen molar-refractivity contribution in [3.8, 4) is 0 Å². The summed E-state index contributed by atoms with van der Waals surface area (Å²) in [5.41, 5.74) is 6.41. The van der Waals surface area contributed by atoms with Gasteiger partial charge in [0.15, 0.2) is 0 Å². The van der Waals surface area contributed by atoms with Gasteiger partial charge >= 0.3 is 0 Å². The van der Waals surface area contributed by atoms with Crippen LogP contribution in [0.3, 0.4) is 0 Å². The van der Waals surface area contributed by atoms with E-state index in [2.05, 4.69) is 10.3 Å². The molecule has 1 atom stereocenters. The number of hydrogen-bond acceptors (Lipinski definition) is 4. The summed E-state index contributed by atoms with van der Waals surface area (Å²) in [6.45, 7) is 2.51. The zero-order chi connectivity index (χ0) is 14.1. The second-order valence-corrected chi connectivity index (χ2v) is 6.12. The van der Waals surface area contributed by atoms with E-state index in [-0.39, 0.29) is 0 Å². The number of pyridine rings is 1. The van der Waals surface area contributed by atoms with Crippen LogP contribution in [-0.2, 0) is 4.79 Å². The summed E-state index contributed by atoms with van der Waals surface area (Å²) < 4.78 is 0. The van der Waals surface area contributed by atoms with Crippen LogP contribution in [-0.4, -0.2) is 35.4 Å². The van der Waals surface area contributed by atoms with Crippen LogP contribution in [0.1, 0.15) is 19.3 Å². The highest BCUT2D eigenvalue weighted by molar-refractivity contribution is 6.30. The molecule has 0 unspecified atom stereocenters. The minimum Gasteiger partial charge on any atom is -0.396 e. The topological polar surface area (TPSA) is 71.2 Å². The summed E-state index contributed by atoms with van der Waals surface area (Å²) in [4.78, 5) is 18.2. The van der Waals surface area contributed by atoms with E-state index in [1.165, 1.54) is 0 Å². The highest BCUT2D eigenvalue weighted by Crippen LogP contribution is 2.33. The van der Waals surface area contributed by atoms with Gasteiger partial charge in [0.25, 0.3) is 0 Å². The molecule has 6 heteroatoms. The third kappa shape index (κ3) is 2.98. The lowest BCUT2D eigenvalue weighted by Crippen LogP contribution is -2.30. The Labute approximate surface area is 123 Å². The second kappa shape index (κ2) is 5.48. The van der Waals surface area contributed by atoms with Crippen molar-refractivity contribution in [3.63, 3.8) is 0 Å². The van der Waals surface area contributed by atoms with Crippen molar-refractivity contribution >= 4 is 29.0 Å². The second-order valence-electron chi connectivity index (χ2n) is 5.69. The van der Waals surface area contributed by atoms with Crippen molar-refractivity contribution in [2.75, 3.05) is 30.7 Å². The zero-order valence-corrected chi connectivity index (χ0v) is 12.1. The number of aromatic nitrogens is 1. The van der Waals surface area contributed by atoms with Gasteiger partial charge in [-0.15, -0.1) is 0 Å². The number of rotatable bonds is 4. The number of nitrogens with two attached hydrogens (primary N) is 1. The van der Waals surface area contributed by atoms with Gasteiger partial charge in [-0.05, 0) is 31.2 Å². The molecule has 1 aliphatic carbocycles. The molecular weight excluding hydrogens is 276 g/mol. The van der Waals surface area contributed by atoms with Gasteiger partial charge in [-0.1, -0.05) is 11.6 Å². The number of nitrogens with one attached hydrogen (secondary N) is 1. The van der Waals surface area contributed by atoms with E-state index in [9.17, 15) is 4.79 Å². The number of carbonyl (C=O) groups is 1. The molecule has 2 fully saturated rings. The first-order valence-corrected chi connectivity index (χ1v) is 7.45. The number of amides is 1. The molecule has 0 radical (unpaired) electrons. The average Bonchev–Trinajstić information content (AvgIpc) is 3.16. The van der Waals surface area contributed by atoms with Crippen molar-refractivity contribution in [1.29, 1.82) is 0 Å². The summed E-state index contributed by atoms with van der Waals surface area (Å²) >= 11 is 5.82. The molecule has 1 aromatic rings. The fourth-order valence-corrected chi connectivity index (χ4v) is 2.80. The van der Waals surface area contributed by atoms with Crippen LogP contribution in [0.25, 0.3) is 0 Å². The Morgan fingerprint density at radius 1 is 1.50 bits per heavy atom. The quantitative estimate of drug-likeness (QED) is 0.891. The predicted molar refractivity (Wildman–Crippen MR) is 79.6 cm³/mol. The summed E-state index contributed by atoms with van der Waals surface area (Å²) in [6.07, 6.45) is 4.77. The van der Waals surface area contributed by atoms with Crippen LogP contribution in [0.2, 0.25) is 5.02 Å². The van der Waals surface area contributed by atoms with E-state index in [0.29, 0.717) is 34.3 Å². The first-order valence-electron chi connectivity index (χ1n) is 7.07. The maximum atomic E-state index is 12.0. The Kier molecular flexibility index (Phi) is 3.70. The van der Waals surface area contributed by atoms with Crippen LogP contribution < -0.4 is 11.1 Å². The molecule has 3 rings (SSSR count). The van der Waals surface area contributed by atoms with Gasteiger partial charge in [0, 0.05) is 31.7 Å². The Bertz CT molecular complexity index is 518. The number of likely N-dealkylation sites (tertiary alicyclic amines) is 1. The third-order valence-corrected chi connectivity index (χ3v) is 4.17. The average molecular weight is 295 g/mol. The molecule has 1 amide bonds. The maximum absolute atomic E-state index is 12.0. The fraction of sp³-hybridized carbons (Fsp3) is 0.571. The van der Waals surface area contributed by atoms with Gasteiger partial charge in [-0.2, -0.15) is 0 Å². The molecule has 5 nitrogen and oxygen atoms in total. The van der Waals surface area contributed by atoms with E-state index >= 15 is 0 Å². The van der Waals surface area contributed by atoms with E-state index in [1.54, 1.807) is 12.3 Å². The van der Waals surface area contributed by atoms with Gasteiger partial charge in [0.1, 0.15) is 5.82 Å². The number of carbonyl (C=O) groups excluding carboxylic acids is 1. The number of nitrogen functional groups attached to an aromatic ring is 1. The molecule has 1 aliphatic heterocycles. The lowest BCUT2D eigenvalue weighted by atomic mass is 10.1. The number of hydrogen-bond donors (Lipinski definition) is 2. The van der Waals surface area contributed by atoms with Crippen molar-refractivity contribution in [3.05, 3.63) is 17.3 Å². The smallest absolute Gasteiger partial charge is 0.225 e. The highest BCUT2D eigenvalue weighted by atomic mass is 35.5. The monoisotopic (exact) mass is 294 g/mol. The van der Waals surface area contributed by atoms with E-state index < -0.39 is 0 Å². The van der Waals surface area contributed by atoms with Crippen LogP contribution >= 0.6 is 11.6 Å². The van der Waals surface area contributed by atoms with Crippen LogP contribution in [0, 0.1) is 11.8 Å². The third-order valence-electron chi connectivity index (χ3n) is 3.97. The fourth-order valence-electron chi connectivity index (χ4n) is 2.63. The minimum atomic E-state index is 0.315. The first-order chi connectivity index (χ1) is 9.63. The molecule has 0 aromatic carbocycles. The molecule has 20 heavy (non-hydrogen) atoms. The number of anilines is 2. The van der Waals surface area contributed by atoms with Crippen LogP contribution in [0.5, 0.6) is 0 Å². The predicted octanol–water partition coefficient (Wildman–Crippen LogP) is 1.99. The minimum absolute atomic E-state index is 0.315. The number of nitrogens with zero attached hydrogens (tertiary/aromatic N) is 2. The molecular formula is C14H19ClN4O. The lowest BCUT2D eigenvalue weighted by molar-refractivity contribution is -0.131. The van der Waals surface area contributed by atoms with Crippen molar-refractivity contribution in [2.24, 2.45) is 11.8 Å². The molecule has 2 aliphatic rings. The molecule has 1 saturated heterocycles. The maximum Gasteiger partial charge on any atom is 0.225 e. The van der Waals surface area contributed by atoms with Gasteiger partial charge < -0.3 is 16.0 Å². The highest BCUT2D eigenvalue weighted by Gasteiger charge is 2.36. The molecule has 108 valence electrons. The molecule has 0 spiro atoms. The SMILES string of the molecule is Nc1cc(Cl)cnc1NC[C@@H]1CCN(C(=O)C2CC2)C1. The molecule has 2 heterocycles. The molecule has 0 bridgehead atoms. The van der Waals surface area contributed by atoms with Crippen LogP contribution in [0.15, 0.2) is 12.3 Å². The Balaban J connectivity index is 1.50. The van der Waals surface area contributed by atoms with Crippen molar-refractivity contribution < 1.29 is 4.79 Å². The normalized spacial score (nSPS) is 22.1. The van der Waals surface area contributed by atoms with Crippen LogP contribution in [0.4, 0.5) is 11.5 Å². The standard InChI is InChI=1S/C14H19ClN4O/c15-11-5-12(16)13(18-7-11)17-6-9-3-4-19(8-9)14(20)10-1-2-10/h5,7,9-10H,1-4,6,8,16H2,(H,17,18)/t9-/m0/s1. The zero-order valence-electron chi connectivity index (χ0n) is 11.3. The summed E-state index contributed by atoms with van der Waals surface area (Å²) in [5.74, 6) is 1.79. The van der Waals surface area contributed by atoms with Gasteiger partial charge in [-0.25, -0.2) is 4.98 Å². The summed E-state index contributed by atoms with van der Waals surface area (Å²) in [6, 6.07) is 1.69. The Hall–Kier alpha value is -1.49. The molecule has 1 aromatic heterocycles. The number of halogens is 1. The Morgan fingerprint density at radius 2 is 2.30 bits per heavy atom. The van der Waals surface area contributed by atoms with Gasteiger partial charge in [0.05, 0.1) is 10.7 Å². The van der Waals surface area contributed by atoms with E-state index in [0.717, 1.165) is 38.9 Å². The summed E-state index contributed by atoms with van der Waals surface area (Å²) in [5, 5.41) is 3.79. The first kappa shape index (κ1) is 13.5. The summed E-state index contributed by atoms with van der Waals surface area (Å²) in [7, 11) is 0. The molecule has 3 N–H and O–H groups in total. The van der Waals surface area contributed by atoms with E-state index in [4.69, 9.17) is 17.3 Å². The van der Waals surface area contributed by atoms with Crippen molar-refractivity contribution in [2.45, 2.75) is 19.3 Å².